The Labute approximate surface area is 162 Å². The zero-order valence-electron chi connectivity index (χ0n) is 15.0. The van der Waals surface area contributed by atoms with Gasteiger partial charge in [0.25, 0.3) is 15.7 Å². The number of pyridine rings is 1. The first-order valence-corrected chi connectivity index (χ1v) is 9.82. The van der Waals surface area contributed by atoms with Gasteiger partial charge in [-0.2, -0.15) is 0 Å². The molecule has 28 heavy (non-hydrogen) atoms. The Hall–Kier alpha value is -3.46. The van der Waals surface area contributed by atoms with Crippen LogP contribution in [0.2, 0.25) is 0 Å². The van der Waals surface area contributed by atoms with Crippen molar-refractivity contribution in [3.63, 3.8) is 0 Å². The van der Waals surface area contributed by atoms with Crippen molar-refractivity contribution in [3.8, 4) is 0 Å². The Morgan fingerprint density at radius 2 is 1.79 bits per heavy atom. The maximum atomic E-state index is 12.6. The molecule has 2 aromatic carbocycles. The Kier molecular flexibility index (Phi) is 5.55. The number of rotatable bonds is 7. The number of hydrogen-bond acceptors (Lipinski definition) is 6. The van der Waals surface area contributed by atoms with Crippen LogP contribution in [0.4, 0.5) is 17.1 Å². The van der Waals surface area contributed by atoms with Crippen molar-refractivity contribution in [2.24, 2.45) is 0 Å². The van der Waals surface area contributed by atoms with Gasteiger partial charge in [0.2, 0.25) is 0 Å². The third kappa shape index (κ3) is 4.44. The van der Waals surface area contributed by atoms with Crippen LogP contribution in [0.1, 0.15) is 5.69 Å². The quantitative estimate of drug-likeness (QED) is 0.483. The smallest absolute Gasteiger partial charge is 0.293 e. The molecule has 9 heteroatoms. The number of nitrogens with zero attached hydrogens (tertiary/aromatic N) is 3. The highest BCUT2D eigenvalue weighted by Gasteiger charge is 2.23. The molecule has 3 rings (SSSR count). The summed E-state index contributed by atoms with van der Waals surface area (Å²) in [6.07, 6.45) is 1.64. The van der Waals surface area contributed by atoms with E-state index in [0.717, 1.165) is 11.8 Å². The summed E-state index contributed by atoms with van der Waals surface area (Å²) in [7, 11) is -2.27. The van der Waals surface area contributed by atoms with Crippen LogP contribution in [-0.4, -0.2) is 25.4 Å². The van der Waals surface area contributed by atoms with Crippen LogP contribution in [0.3, 0.4) is 0 Å². The van der Waals surface area contributed by atoms with Gasteiger partial charge in [0, 0.05) is 25.0 Å². The molecule has 0 radical (unpaired) electrons. The second-order valence-electron chi connectivity index (χ2n) is 6.06. The van der Waals surface area contributed by atoms with E-state index in [0.29, 0.717) is 17.9 Å². The summed E-state index contributed by atoms with van der Waals surface area (Å²) in [6.45, 7) is 0.343. The minimum Gasteiger partial charge on any atom is -0.363 e. The van der Waals surface area contributed by atoms with Crippen LogP contribution in [0.25, 0.3) is 0 Å². The van der Waals surface area contributed by atoms with Crippen molar-refractivity contribution in [3.05, 3.63) is 88.7 Å². The lowest BCUT2D eigenvalue weighted by Gasteiger charge is -2.19. The van der Waals surface area contributed by atoms with E-state index in [2.05, 4.69) is 9.71 Å². The summed E-state index contributed by atoms with van der Waals surface area (Å²) in [5, 5.41) is 11.6. The average Bonchev–Trinajstić information content (AvgIpc) is 2.68. The normalized spacial score (nSPS) is 11.0. The number of para-hydroxylation sites is 1. The molecule has 0 bridgehead atoms. The topological polar surface area (TPSA) is 105 Å². The SMILES string of the molecule is CN(Cc1ccccn1)c1ccc(S(=O)(=O)Nc2ccccc2)cc1[N+](=O)[O-]. The van der Waals surface area contributed by atoms with Crippen molar-refractivity contribution in [2.75, 3.05) is 16.7 Å². The van der Waals surface area contributed by atoms with E-state index in [1.165, 1.54) is 12.1 Å². The molecule has 0 aliphatic carbocycles. The summed E-state index contributed by atoms with van der Waals surface area (Å²) in [6, 6.07) is 17.6. The lowest BCUT2D eigenvalue weighted by atomic mass is 10.2. The van der Waals surface area contributed by atoms with Crippen LogP contribution in [0, 0.1) is 10.1 Å². The third-order valence-corrected chi connectivity index (χ3v) is 5.40. The molecule has 0 amide bonds. The van der Waals surface area contributed by atoms with E-state index in [1.807, 2.05) is 12.1 Å². The molecule has 3 aromatic rings. The fraction of sp³-hybridized carbons (Fsp3) is 0.105. The number of nitrogens with one attached hydrogen (secondary N) is 1. The molecule has 1 aromatic heterocycles. The van der Waals surface area contributed by atoms with Crippen LogP contribution in [0.15, 0.2) is 77.8 Å². The first kappa shape index (κ1) is 19.3. The van der Waals surface area contributed by atoms with Gasteiger partial charge >= 0.3 is 0 Å². The zero-order chi connectivity index (χ0) is 20.1. The largest absolute Gasteiger partial charge is 0.363 e. The molecule has 0 saturated heterocycles. The average molecular weight is 398 g/mol. The number of aromatic nitrogens is 1. The lowest BCUT2D eigenvalue weighted by molar-refractivity contribution is -0.384. The van der Waals surface area contributed by atoms with Crippen LogP contribution < -0.4 is 9.62 Å². The predicted octanol–water partition coefficient (Wildman–Crippen LogP) is 3.43. The van der Waals surface area contributed by atoms with Crippen LogP contribution in [-0.2, 0) is 16.6 Å². The van der Waals surface area contributed by atoms with Crippen LogP contribution in [0.5, 0.6) is 0 Å². The van der Waals surface area contributed by atoms with E-state index in [-0.39, 0.29) is 10.6 Å². The molecular weight excluding hydrogens is 380 g/mol. The number of hydrogen-bond donors (Lipinski definition) is 1. The molecule has 8 nitrogen and oxygen atoms in total. The highest BCUT2D eigenvalue weighted by atomic mass is 32.2. The first-order chi connectivity index (χ1) is 13.4. The van der Waals surface area contributed by atoms with Gasteiger partial charge in [0.05, 0.1) is 22.1 Å². The van der Waals surface area contributed by atoms with Crippen molar-refractivity contribution >= 4 is 27.1 Å². The van der Waals surface area contributed by atoms with Gasteiger partial charge in [0.1, 0.15) is 5.69 Å². The first-order valence-electron chi connectivity index (χ1n) is 8.34. The van der Waals surface area contributed by atoms with Gasteiger partial charge in [-0.1, -0.05) is 24.3 Å². The molecule has 0 aliphatic rings. The maximum Gasteiger partial charge on any atom is 0.293 e. The lowest BCUT2D eigenvalue weighted by Crippen LogP contribution is -2.19. The Bertz CT molecular complexity index is 1070. The molecule has 0 fully saturated rings. The van der Waals surface area contributed by atoms with E-state index >= 15 is 0 Å². The summed E-state index contributed by atoms with van der Waals surface area (Å²) >= 11 is 0. The van der Waals surface area contributed by atoms with Crippen LogP contribution >= 0.6 is 0 Å². The Morgan fingerprint density at radius 1 is 1.07 bits per heavy atom. The number of anilines is 2. The molecule has 0 unspecified atom stereocenters. The maximum absolute atomic E-state index is 12.6. The molecular formula is C19H18N4O4S. The van der Waals surface area contributed by atoms with Gasteiger partial charge < -0.3 is 4.90 Å². The molecule has 0 aliphatic heterocycles. The highest BCUT2D eigenvalue weighted by Crippen LogP contribution is 2.31. The molecule has 0 spiro atoms. The zero-order valence-corrected chi connectivity index (χ0v) is 15.8. The summed E-state index contributed by atoms with van der Waals surface area (Å²) in [5.74, 6) is 0. The molecule has 0 atom stereocenters. The predicted molar refractivity (Wildman–Crippen MR) is 107 cm³/mol. The van der Waals surface area contributed by atoms with E-state index in [4.69, 9.17) is 0 Å². The van der Waals surface area contributed by atoms with Gasteiger partial charge in [-0.25, -0.2) is 8.42 Å². The Balaban J connectivity index is 1.91. The van der Waals surface area contributed by atoms with E-state index in [9.17, 15) is 18.5 Å². The van der Waals surface area contributed by atoms with Gasteiger partial charge in [0.15, 0.2) is 0 Å². The van der Waals surface area contributed by atoms with E-state index in [1.54, 1.807) is 54.5 Å². The highest BCUT2D eigenvalue weighted by molar-refractivity contribution is 7.92. The van der Waals surface area contributed by atoms with Gasteiger partial charge in [-0.05, 0) is 36.4 Å². The van der Waals surface area contributed by atoms with Crippen molar-refractivity contribution in [2.45, 2.75) is 11.4 Å². The second-order valence-corrected chi connectivity index (χ2v) is 7.74. The summed E-state index contributed by atoms with van der Waals surface area (Å²) < 4.78 is 27.6. The second kappa shape index (κ2) is 8.05. The molecule has 1 N–H and O–H groups in total. The minimum absolute atomic E-state index is 0.182. The van der Waals surface area contributed by atoms with Gasteiger partial charge in [-0.15, -0.1) is 0 Å². The summed E-state index contributed by atoms with van der Waals surface area (Å²) in [4.78, 5) is 16.6. The van der Waals surface area contributed by atoms with Gasteiger partial charge in [-0.3, -0.25) is 19.8 Å². The van der Waals surface area contributed by atoms with Crippen molar-refractivity contribution in [1.82, 2.24) is 4.98 Å². The fourth-order valence-electron chi connectivity index (χ4n) is 2.68. The van der Waals surface area contributed by atoms with Crippen molar-refractivity contribution < 1.29 is 13.3 Å². The minimum atomic E-state index is -3.96. The Morgan fingerprint density at radius 3 is 2.43 bits per heavy atom. The number of nitro groups is 1. The standard InChI is InChI=1S/C19H18N4O4S/c1-22(14-16-9-5-6-12-20-16)18-11-10-17(13-19(18)23(24)25)28(26,27)21-15-7-3-2-4-8-15/h2-13,21H,14H2,1H3. The molecule has 1 heterocycles. The monoisotopic (exact) mass is 398 g/mol. The third-order valence-electron chi connectivity index (χ3n) is 4.02. The van der Waals surface area contributed by atoms with E-state index < -0.39 is 14.9 Å². The number of nitro benzene ring substituents is 1. The molecule has 144 valence electrons. The number of benzene rings is 2. The molecule has 0 saturated carbocycles. The van der Waals surface area contributed by atoms with Crippen molar-refractivity contribution in [1.29, 1.82) is 0 Å². The summed E-state index contributed by atoms with van der Waals surface area (Å²) in [5.41, 5.74) is 1.12. The number of sulfonamides is 1. The fourth-order valence-corrected chi connectivity index (χ4v) is 3.76.